The average Bonchev–Trinajstić information content (AvgIpc) is 2.82. The van der Waals surface area contributed by atoms with Gasteiger partial charge in [0.1, 0.15) is 0 Å². The molecule has 0 spiro atoms. The molecule has 1 aliphatic rings. The molecule has 0 heterocycles. The Morgan fingerprint density at radius 3 is 2.24 bits per heavy atom. The number of aliphatic hydroxyl groups is 1. The maximum Gasteiger partial charge on any atom is 0.313 e. The second-order valence-corrected chi connectivity index (χ2v) is 6.10. The van der Waals surface area contributed by atoms with Crippen LogP contribution in [0.25, 0.3) is 0 Å². The standard InChI is InChI=1S/C14H16Cl2N2O3/c15-9-5-10(16)7-11(6-9)18-13(20)12(19)17-8-14(21)3-1-2-4-14/h5-7,21H,1-4,8H2,(H,17,19)(H,18,20). The van der Waals surface area contributed by atoms with Gasteiger partial charge in [-0.15, -0.1) is 0 Å². The average molecular weight is 331 g/mol. The van der Waals surface area contributed by atoms with E-state index in [1.165, 1.54) is 18.2 Å². The summed E-state index contributed by atoms with van der Waals surface area (Å²) in [5.74, 6) is -1.62. The van der Waals surface area contributed by atoms with Crippen molar-refractivity contribution in [3.05, 3.63) is 28.2 Å². The Kier molecular flexibility index (Phi) is 5.08. The van der Waals surface area contributed by atoms with E-state index < -0.39 is 17.4 Å². The highest BCUT2D eigenvalue weighted by Crippen LogP contribution is 2.28. The van der Waals surface area contributed by atoms with Gasteiger partial charge in [0.2, 0.25) is 0 Å². The maximum absolute atomic E-state index is 11.8. The van der Waals surface area contributed by atoms with E-state index >= 15 is 0 Å². The minimum Gasteiger partial charge on any atom is -0.388 e. The fourth-order valence-corrected chi connectivity index (χ4v) is 2.87. The molecule has 2 rings (SSSR count). The molecule has 0 radical (unpaired) electrons. The Morgan fingerprint density at radius 2 is 1.67 bits per heavy atom. The summed E-state index contributed by atoms with van der Waals surface area (Å²) in [5.41, 5.74) is -0.554. The number of amides is 2. The van der Waals surface area contributed by atoms with Crippen LogP contribution in [0.4, 0.5) is 5.69 Å². The molecule has 114 valence electrons. The summed E-state index contributed by atoms with van der Waals surface area (Å²) >= 11 is 11.6. The van der Waals surface area contributed by atoms with Crippen molar-refractivity contribution in [1.29, 1.82) is 0 Å². The third-order valence-corrected chi connectivity index (χ3v) is 3.88. The van der Waals surface area contributed by atoms with E-state index in [0.29, 0.717) is 28.6 Å². The molecule has 1 aromatic carbocycles. The molecule has 0 bridgehead atoms. The lowest BCUT2D eigenvalue weighted by molar-refractivity contribution is -0.136. The third-order valence-electron chi connectivity index (χ3n) is 3.44. The van der Waals surface area contributed by atoms with Gasteiger partial charge >= 0.3 is 11.8 Å². The molecular weight excluding hydrogens is 315 g/mol. The lowest BCUT2D eigenvalue weighted by Gasteiger charge is -2.22. The van der Waals surface area contributed by atoms with Crippen LogP contribution in [0.3, 0.4) is 0 Å². The largest absolute Gasteiger partial charge is 0.388 e. The molecule has 1 fully saturated rings. The molecule has 0 aliphatic heterocycles. The van der Waals surface area contributed by atoms with Gasteiger partial charge in [-0.3, -0.25) is 9.59 Å². The van der Waals surface area contributed by atoms with Gasteiger partial charge in [-0.05, 0) is 31.0 Å². The van der Waals surface area contributed by atoms with Crippen LogP contribution < -0.4 is 10.6 Å². The normalized spacial score (nSPS) is 16.5. The quantitative estimate of drug-likeness (QED) is 0.744. The zero-order valence-corrected chi connectivity index (χ0v) is 12.8. The summed E-state index contributed by atoms with van der Waals surface area (Å²) in [4.78, 5) is 23.5. The molecule has 0 atom stereocenters. The molecule has 3 N–H and O–H groups in total. The second kappa shape index (κ2) is 6.64. The molecule has 5 nitrogen and oxygen atoms in total. The minimum atomic E-state index is -0.894. The Bertz CT molecular complexity index is 537. The van der Waals surface area contributed by atoms with Crippen molar-refractivity contribution >= 4 is 40.7 Å². The molecule has 0 unspecified atom stereocenters. The van der Waals surface area contributed by atoms with Crippen molar-refractivity contribution < 1.29 is 14.7 Å². The van der Waals surface area contributed by atoms with Crippen molar-refractivity contribution in [1.82, 2.24) is 5.32 Å². The maximum atomic E-state index is 11.8. The SMILES string of the molecule is O=C(NCC1(O)CCCC1)C(=O)Nc1cc(Cl)cc(Cl)c1. The van der Waals surface area contributed by atoms with Gasteiger partial charge in [0.25, 0.3) is 0 Å². The number of carbonyl (C=O) groups is 2. The van der Waals surface area contributed by atoms with E-state index in [0.717, 1.165) is 12.8 Å². The van der Waals surface area contributed by atoms with Crippen LogP contribution in [0.5, 0.6) is 0 Å². The number of hydrogen-bond acceptors (Lipinski definition) is 3. The van der Waals surface area contributed by atoms with Gasteiger partial charge in [0.05, 0.1) is 5.60 Å². The highest BCUT2D eigenvalue weighted by molar-refractivity contribution is 6.40. The molecule has 1 aromatic rings. The van der Waals surface area contributed by atoms with E-state index in [1.54, 1.807) is 0 Å². The fourth-order valence-electron chi connectivity index (χ4n) is 2.35. The summed E-state index contributed by atoms with van der Waals surface area (Å²) in [6.07, 6.45) is 3.14. The lowest BCUT2D eigenvalue weighted by Crippen LogP contribution is -2.44. The Morgan fingerprint density at radius 1 is 1.10 bits per heavy atom. The smallest absolute Gasteiger partial charge is 0.313 e. The van der Waals surface area contributed by atoms with Gasteiger partial charge in [0.15, 0.2) is 0 Å². The predicted molar refractivity (Wildman–Crippen MR) is 81.5 cm³/mol. The number of carbonyl (C=O) groups excluding carboxylic acids is 2. The summed E-state index contributed by atoms with van der Waals surface area (Å²) < 4.78 is 0. The van der Waals surface area contributed by atoms with Crippen LogP contribution in [-0.4, -0.2) is 29.1 Å². The Balaban J connectivity index is 1.89. The topological polar surface area (TPSA) is 78.4 Å². The first kappa shape index (κ1) is 16.1. The van der Waals surface area contributed by atoms with E-state index in [-0.39, 0.29) is 6.54 Å². The summed E-state index contributed by atoms with van der Waals surface area (Å²) in [5, 5.41) is 15.7. The van der Waals surface area contributed by atoms with Crippen molar-refractivity contribution in [2.45, 2.75) is 31.3 Å². The van der Waals surface area contributed by atoms with Crippen LogP contribution >= 0.6 is 23.2 Å². The van der Waals surface area contributed by atoms with Gasteiger partial charge in [-0.2, -0.15) is 0 Å². The van der Waals surface area contributed by atoms with Crippen LogP contribution in [0, 0.1) is 0 Å². The van der Waals surface area contributed by atoms with Crippen LogP contribution in [0.1, 0.15) is 25.7 Å². The van der Waals surface area contributed by atoms with E-state index in [4.69, 9.17) is 23.2 Å². The van der Waals surface area contributed by atoms with Crippen molar-refractivity contribution in [2.24, 2.45) is 0 Å². The van der Waals surface area contributed by atoms with E-state index in [2.05, 4.69) is 10.6 Å². The number of halogens is 2. The minimum absolute atomic E-state index is 0.0789. The van der Waals surface area contributed by atoms with E-state index in [1.807, 2.05) is 0 Å². The fraction of sp³-hybridized carbons (Fsp3) is 0.429. The molecule has 1 saturated carbocycles. The number of nitrogens with one attached hydrogen (secondary N) is 2. The molecular formula is C14H16Cl2N2O3. The zero-order valence-electron chi connectivity index (χ0n) is 11.3. The molecule has 21 heavy (non-hydrogen) atoms. The highest BCUT2D eigenvalue weighted by Gasteiger charge is 2.32. The summed E-state index contributed by atoms with van der Waals surface area (Å²) in [7, 11) is 0. The third kappa shape index (κ3) is 4.59. The summed E-state index contributed by atoms with van der Waals surface area (Å²) in [6, 6.07) is 4.50. The van der Waals surface area contributed by atoms with Gasteiger partial charge < -0.3 is 15.7 Å². The van der Waals surface area contributed by atoms with E-state index in [9.17, 15) is 14.7 Å². The second-order valence-electron chi connectivity index (χ2n) is 5.23. The first-order valence-corrected chi connectivity index (χ1v) is 7.41. The van der Waals surface area contributed by atoms with Crippen LogP contribution in [0.2, 0.25) is 10.0 Å². The van der Waals surface area contributed by atoms with Crippen molar-refractivity contribution in [3.63, 3.8) is 0 Å². The highest BCUT2D eigenvalue weighted by atomic mass is 35.5. The molecule has 1 aliphatic carbocycles. The Labute approximate surface area is 132 Å². The molecule has 0 aromatic heterocycles. The Hall–Kier alpha value is -1.30. The number of hydrogen-bond donors (Lipinski definition) is 3. The monoisotopic (exact) mass is 330 g/mol. The zero-order chi connectivity index (χ0) is 15.5. The van der Waals surface area contributed by atoms with Crippen molar-refractivity contribution in [2.75, 3.05) is 11.9 Å². The number of anilines is 1. The van der Waals surface area contributed by atoms with Gasteiger partial charge in [-0.25, -0.2) is 0 Å². The van der Waals surface area contributed by atoms with Gasteiger partial charge in [0, 0.05) is 22.3 Å². The number of rotatable bonds is 3. The molecule has 2 amide bonds. The van der Waals surface area contributed by atoms with Crippen molar-refractivity contribution in [3.8, 4) is 0 Å². The molecule has 7 heteroatoms. The van der Waals surface area contributed by atoms with Gasteiger partial charge in [-0.1, -0.05) is 36.0 Å². The first-order valence-electron chi connectivity index (χ1n) is 6.66. The van der Waals surface area contributed by atoms with Crippen LogP contribution in [0.15, 0.2) is 18.2 Å². The predicted octanol–water partition coefficient (Wildman–Crippen LogP) is 2.35. The molecule has 0 saturated heterocycles. The lowest BCUT2D eigenvalue weighted by atomic mass is 10.0. The summed E-state index contributed by atoms with van der Waals surface area (Å²) in [6.45, 7) is 0.0789. The first-order chi connectivity index (χ1) is 9.88. The number of benzene rings is 1. The van der Waals surface area contributed by atoms with Crippen LogP contribution in [-0.2, 0) is 9.59 Å².